The van der Waals surface area contributed by atoms with Crippen molar-refractivity contribution >= 4 is 32.7 Å². The van der Waals surface area contributed by atoms with E-state index in [1.807, 2.05) is 30.3 Å². The zero-order chi connectivity index (χ0) is 20.1. The van der Waals surface area contributed by atoms with Crippen molar-refractivity contribution < 1.29 is 27.6 Å². The number of amides is 1. The Kier molecular flexibility index (Phi) is 6.28. The average Bonchev–Trinajstić information content (AvgIpc) is 2.72. The second-order valence-electron chi connectivity index (χ2n) is 6.69. The summed E-state index contributed by atoms with van der Waals surface area (Å²) in [7, 11) is -2.31. The minimum atomic E-state index is -3.57. The molecule has 0 aromatic heterocycles. The molecule has 1 saturated heterocycles. The van der Waals surface area contributed by atoms with Crippen LogP contribution in [0, 0.1) is 0 Å². The molecule has 0 aliphatic carbocycles. The van der Waals surface area contributed by atoms with E-state index in [4.69, 9.17) is 0 Å². The second-order valence-corrected chi connectivity index (χ2v) is 8.63. The molecule has 1 amide bonds. The predicted octanol–water partition coefficient (Wildman–Crippen LogP) is -0.982. The monoisotopic (exact) mass is 406 g/mol. The highest BCUT2D eigenvalue weighted by atomic mass is 32.2. The summed E-state index contributed by atoms with van der Waals surface area (Å²) in [6.45, 7) is 1.77. The number of ether oxygens (including phenoxy) is 1. The van der Waals surface area contributed by atoms with Crippen molar-refractivity contribution in [2.45, 2.75) is 4.90 Å². The van der Waals surface area contributed by atoms with Gasteiger partial charge in [0.2, 0.25) is 10.0 Å². The van der Waals surface area contributed by atoms with Gasteiger partial charge in [-0.05, 0) is 22.9 Å². The van der Waals surface area contributed by atoms with Crippen molar-refractivity contribution in [3.8, 4) is 0 Å². The molecular weight excluding hydrogens is 382 g/mol. The Hall–Kier alpha value is -2.49. The van der Waals surface area contributed by atoms with Gasteiger partial charge in [-0.25, -0.2) is 8.42 Å². The number of benzene rings is 2. The van der Waals surface area contributed by atoms with Gasteiger partial charge in [-0.2, -0.15) is 4.31 Å². The van der Waals surface area contributed by atoms with E-state index in [0.29, 0.717) is 26.2 Å². The molecule has 2 aromatic carbocycles. The van der Waals surface area contributed by atoms with Gasteiger partial charge in [0.15, 0.2) is 6.54 Å². The van der Waals surface area contributed by atoms with Gasteiger partial charge in [0.1, 0.15) is 6.54 Å². The van der Waals surface area contributed by atoms with Crippen LogP contribution in [0.15, 0.2) is 47.4 Å². The smallest absolute Gasteiger partial charge is 0.325 e. The third kappa shape index (κ3) is 4.67. The van der Waals surface area contributed by atoms with Gasteiger partial charge < -0.3 is 15.0 Å². The standard InChI is InChI=1S/C19H23N3O5S/c1-27-19(24)13-20-18(23)14-21-8-10-22(11-9-21)28(25,26)17-7-6-15-4-2-3-5-16(15)12-17/h2-7,12H,8-11,13-14H2,1H3,(H,20,23)/p+1. The van der Waals surface area contributed by atoms with Crippen molar-refractivity contribution in [1.29, 1.82) is 0 Å². The number of sulfonamides is 1. The number of methoxy groups -OCH3 is 1. The Balaban J connectivity index is 1.58. The molecular formula is C19H24N3O5S+. The number of hydrogen-bond donors (Lipinski definition) is 2. The minimum Gasteiger partial charge on any atom is -0.468 e. The number of rotatable bonds is 6. The highest BCUT2D eigenvalue weighted by Crippen LogP contribution is 2.21. The first-order valence-electron chi connectivity index (χ1n) is 9.06. The number of nitrogens with one attached hydrogen (secondary N) is 2. The Morgan fingerprint density at radius 3 is 2.46 bits per heavy atom. The van der Waals surface area contributed by atoms with Crippen LogP contribution in [0.5, 0.6) is 0 Å². The van der Waals surface area contributed by atoms with Crippen LogP contribution < -0.4 is 10.2 Å². The molecule has 28 heavy (non-hydrogen) atoms. The molecule has 0 atom stereocenters. The maximum Gasteiger partial charge on any atom is 0.325 e. The van der Waals surface area contributed by atoms with Gasteiger partial charge in [0, 0.05) is 0 Å². The first-order chi connectivity index (χ1) is 13.4. The van der Waals surface area contributed by atoms with E-state index >= 15 is 0 Å². The summed E-state index contributed by atoms with van der Waals surface area (Å²) >= 11 is 0. The molecule has 0 radical (unpaired) electrons. The maximum atomic E-state index is 13.0. The van der Waals surface area contributed by atoms with Crippen molar-refractivity contribution in [2.24, 2.45) is 0 Å². The summed E-state index contributed by atoms with van der Waals surface area (Å²) in [5, 5.41) is 4.38. The maximum absolute atomic E-state index is 13.0. The number of hydrogen-bond acceptors (Lipinski definition) is 5. The third-order valence-corrected chi connectivity index (χ3v) is 6.75. The first-order valence-corrected chi connectivity index (χ1v) is 10.5. The molecule has 3 rings (SSSR count). The second kappa shape index (κ2) is 8.68. The number of quaternary nitrogens is 1. The van der Waals surface area contributed by atoms with E-state index in [1.54, 1.807) is 12.1 Å². The number of fused-ring (bicyclic) bond motifs is 1. The van der Waals surface area contributed by atoms with E-state index < -0.39 is 16.0 Å². The van der Waals surface area contributed by atoms with Gasteiger partial charge in [-0.3, -0.25) is 9.59 Å². The number of carbonyl (C=O) groups is 2. The Morgan fingerprint density at radius 1 is 1.11 bits per heavy atom. The van der Waals surface area contributed by atoms with E-state index in [1.165, 1.54) is 11.4 Å². The quantitative estimate of drug-likeness (QED) is 0.601. The van der Waals surface area contributed by atoms with Crippen LogP contribution in [-0.4, -0.2) is 71.0 Å². The fraction of sp³-hybridized carbons (Fsp3) is 0.368. The molecule has 9 heteroatoms. The summed E-state index contributed by atoms with van der Waals surface area (Å²) in [5.41, 5.74) is 0. The van der Waals surface area contributed by atoms with E-state index in [9.17, 15) is 18.0 Å². The first kappa shape index (κ1) is 20.2. The molecule has 0 bridgehead atoms. The molecule has 1 aliphatic rings. The Labute approximate surface area is 164 Å². The summed E-state index contributed by atoms with van der Waals surface area (Å²) in [5.74, 6) is -0.763. The summed E-state index contributed by atoms with van der Waals surface area (Å²) < 4.78 is 31.9. The molecule has 1 aliphatic heterocycles. The Bertz CT molecular complexity index is 968. The molecule has 2 aromatic rings. The summed E-state index contributed by atoms with van der Waals surface area (Å²) in [4.78, 5) is 24.2. The number of esters is 1. The van der Waals surface area contributed by atoms with Gasteiger partial charge in [-0.15, -0.1) is 0 Å². The van der Waals surface area contributed by atoms with Crippen molar-refractivity contribution in [1.82, 2.24) is 9.62 Å². The molecule has 1 heterocycles. The lowest BCUT2D eigenvalue weighted by Crippen LogP contribution is -3.15. The van der Waals surface area contributed by atoms with E-state index in [2.05, 4.69) is 10.1 Å². The summed E-state index contributed by atoms with van der Waals surface area (Å²) in [6, 6.07) is 12.8. The molecule has 2 N–H and O–H groups in total. The lowest BCUT2D eigenvalue weighted by Gasteiger charge is -2.31. The van der Waals surface area contributed by atoms with Gasteiger partial charge >= 0.3 is 5.97 Å². The normalized spacial score (nSPS) is 16.0. The van der Waals surface area contributed by atoms with Crippen LogP contribution in [0.1, 0.15) is 0 Å². The number of nitrogens with zero attached hydrogens (tertiary/aromatic N) is 1. The van der Waals surface area contributed by atoms with Gasteiger partial charge in [0.25, 0.3) is 5.91 Å². The zero-order valence-corrected chi connectivity index (χ0v) is 16.5. The fourth-order valence-electron chi connectivity index (χ4n) is 3.23. The van der Waals surface area contributed by atoms with Crippen molar-refractivity contribution in [3.05, 3.63) is 42.5 Å². The molecule has 1 fully saturated rings. The van der Waals surface area contributed by atoms with Gasteiger partial charge in [-0.1, -0.05) is 30.3 Å². The minimum absolute atomic E-state index is 0.162. The lowest BCUT2D eigenvalue weighted by molar-refractivity contribution is -0.895. The molecule has 150 valence electrons. The van der Waals surface area contributed by atoms with Crippen LogP contribution in [0.3, 0.4) is 0 Å². The van der Waals surface area contributed by atoms with E-state index in [-0.39, 0.29) is 23.9 Å². The largest absolute Gasteiger partial charge is 0.468 e. The number of carbonyl (C=O) groups excluding carboxylic acids is 2. The average molecular weight is 406 g/mol. The lowest BCUT2D eigenvalue weighted by atomic mass is 10.1. The van der Waals surface area contributed by atoms with Gasteiger partial charge in [0.05, 0.1) is 38.2 Å². The van der Waals surface area contributed by atoms with Crippen LogP contribution in [0.25, 0.3) is 10.8 Å². The van der Waals surface area contributed by atoms with Crippen molar-refractivity contribution in [2.75, 3.05) is 46.4 Å². The fourth-order valence-corrected chi connectivity index (χ4v) is 4.71. The zero-order valence-electron chi connectivity index (χ0n) is 15.7. The molecule has 0 unspecified atom stereocenters. The van der Waals surface area contributed by atoms with Crippen LogP contribution in [0.2, 0.25) is 0 Å². The number of piperazine rings is 1. The third-order valence-electron chi connectivity index (χ3n) is 4.86. The van der Waals surface area contributed by atoms with Crippen LogP contribution in [-0.2, 0) is 24.3 Å². The molecule has 8 nitrogen and oxygen atoms in total. The highest BCUT2D eigenvalue weighted by molar-refractivity contribution is 7.89. The topological polar surface area (TPSA) is 97.2 Å². The predicted molar refractivity (Wildman–Crippen MR) is 103 cm³/mol. The molecule has 0 spiro atoms. The van der Waals surface area contributed by atoms with Crippen molar-refractivity contribution in [3.63, 3.8) is 0 Å². The Morgan fingerprint density at radius 2 is 1.79 bits per heavy atom. The summed E-state index contributed by atoms with van der Waals surface area (Å²) in [6.07, 6.45) is 0. The molecule has 0 saturated carbocycles. The SMILES string of the molecule is COC(=O)CNC(=O)C[NH+]1CCN(S(=O)(=O)c2ccc3ccccc3c2)CC1. The van der Waals surface area contributed by atoms with E-state index in [0.717, 1.165) is 15.7 Å². The highest BCUT2D eigenvalue weighted by Gasteiger charge is 2.31. The van der Waals surface area contributed by atoms with Crippen LogP contribution in [0.4, 0.5) is 0 Å². The van der Waals surface area contributed by atoms with Crippen LogP contribution >= 0.6 is 0 Å².